The van der Waals surface area contributed by atoms with Gasteiger partial charge in [0.2, 0.25) is 11.7 Å². The highest BCUT2D eigenvalue weighted by atomic mass is 35.5. The van der Waals surface area contributed by atoms with Crippen LogP contribution >= 0.6 is 23.4 Å². The molecule has 0 amide bonds. The predicted octanol–water partition coefficient (Wildman–Crippen LogP) is 4.96. The molecule has 0 N–H and O–H groups in total. The lowest BCUT2D eigenvalue weighted by molar-refractivity contribution is 0.391. The Morgan fingerprint density at radius 3 is 2.82 bits per heavy atom. The van der Waals surface area contributed by atoms with Gasteiger partial charge < -0.3 is 4.52 Å². The summed E-state index contributed by atoms with van der Waals surface area (Å²) in [7, 11) is 0. The summed E-state index contributed by atoms with van der Waals surface area (Å²) in [6, 6.07) is 10.3. The van der Waals surface area contributed by atoms with Gasteiger partial charge in [-0.2, -0.15) is 4.98 Å². The van der Waals surface area contributed by atoms with Gasteiger partial charge in [-0.1, -0.05) is 28.9 Å². The largest absolute Gasteiger partial charge is 0.338 e. The van der Waals surface area contributed by atoms with Crippen LogP contribution in [-0.4, -0.2) is 10.1 Å². The van der Waals surface area contributed by atoms with Gasteiger partial charge in [0.25, 0.3) is 0 Å². The number of nitrogens with zero attached hydrogens (tertiary/aromatic N) is 2. The molecule has 22 heavy (non-hydrogen) atoms. The molecule has 1 heterocycles. The fourth-order valence-corrected chi connectivity index (χ4v) is 2.77. The number of halogens is 3. The Hall–Kier alpha value is -1.92. The van der Waals surface area contributed by atoms with Crippen molar-refractivity contribution < 1.29 is 13.3 Å². The predicted molar refractivity (Wildman–Crippen MR) is 80.7 cm³/mol. The Morgan fingerprint density at radius 1 is 1.14 bits per heavy atom. The number of thioether (sulfide) groups is 1. The summed E-state index contributed by atoms with van der Waals surface area (Å²) in [4.78, 5) is 4.41. The number of rotatable bonds is 4. The summed E-state index contributed by atoms with van der Waals surface area (Å²) < 4.78 is 31.7. The Kier molecular flexibility index (Phi) is 4.40. The Morgan fingerprint density at radius 2 is 2.00 bits per heavy atom. The molecule has 2 aromatic carbocycles. The van der Waals surface area contributed by atoms with E-state index in [1.54, 1.807) is 24.3 Å². The first-order valence-corrected chi connectivity index (χ1v) is 7.64. The second-order valence-electron chi connectivity index (χ2n) is 4.39. The molecule has 1 aromatic heterocycles. The topological polar surface area (TPSA) is 38.9 Å². The van der Waals surface area contributed by atoms with Crippen LogP contribution < -0.4 is 0 Å². The molecule has 3 aromatic rings. The maximum absolute atomic E-state index is 13.5. The molecule has 0 atom stereocenters. The molecule has 0 saturated heterocycles. The van der Waals surface area contributed by atoms with Crippen molar-refractivity contribution in [1.29, 1.82) is 0 Å². The monoisotopic (exact) mass is 338 g/mol. The van der Waals surface area contributed by atoms with Crippen molar-refractivity contribution in [2.45, 2.75) is 10.6 Å². The van der Waals surface area contributed by atoms with Crippen LogP contribution in [0.4, 0.5) is 8.78 Å². The lowest BCUT2D eigenvalue weighted by Crippen LogP contribution is -1.86. The summed E-state index contributed by atoms with van der Waals surface area (Å²) in [6.45, 7) is 0. The minimum Gasteiger partial charge on any atom is -0.338 e. The van der Waals surface area contributed by atoms with Gasteiger partial charge in [0.1, 0.15) is 11.6 Å². The zero-order valence-electron chi connectivity index (χ0n) is 11.1. The molecule has 0 spiro atoms. The molecule has 0 unspecified atom stereocenters. The maximum Gasteiger partial charge on any atom is 0.237 e. The van der Waals surface area contributed by atoms with Crippen LogP contribution in [0.25, 0.3) is 11.4 Å². The molecule has 0 aliphatic rings. The van der Waals surface area contributed by atoms with Crippen molar-refractivity contribution in [2.24, 2.45) is 0 Å². The van der Waals surface area contributed by atoms with Gasteiger partial charge in [0.05, 0.1) is 5.75 Å². The van der Waals surface area contributed by atoms with Crippen LogP contribution in [0, 0.1) is 11.6 Å². The van der Waals surface area contributed by atoms with Gasteiger partial charge in [-0.05, 0) is 30.3 Å². The van der Waals surface area contributed by atoms with Crippen LogP contribution in [0.2, 0.25) is 5.02 Å². The Balaban J connectivity index is 1.73. The van der Waals surface area contributed by atoms with Crippen LogP contribution in [0.5, 0.6) is 0 Å². The fraction of sp³-hybridized carbons (Fsp3) is 0.0667. The molecule has 0 fully saturated rings. The van der Waals surface area contributed by atoms with Gasteiger partial charge >= 0.3 is 0 Å². The summed E-state index contributed by atoms with van der Waals surface area (Å²) in [5.41, 5.74) is 0.726. The van der Waals surface area contributed by atoms with E-state index >= 15 is 0 Å². The SMILES string of the molecule is Fc1ccc(F)c(SCc2nc(-c3cccc(Cl)c3)no2)c1. The summed E-state index contributed by atoms with van der Waals surface area (Å²) in [5.74, 6) is -0.00928. The highest BCUT2D eigenvalue weighted by Crippen LogP contribution is 2.27. The van der Waals surface area contributed by atoms with Crippen molar-refractivity contribution in [3.05, 3.63) is 65.0 Å². The summed E-state index contributed by atoms with van der Waals surface area (Å²) in [5, 5.41) is 4.42. The number of benzene rings is 2. The number of aromatic nitrogens is 2. The van der Waals surface area contributed by atoms with E-state index in [1.165, 1.54) is 0 Å². The molecular formula is C15H9ClF2N2OS. The standard InChI is InChI=1S/C15H9ClF2N2OS/c16-10-3-1-2-9(6-10)15-19-14(21-20-15)8-22-13-7-11(17)4-5-12(13)18/h1-7H,8H2. The van der Waals surface area contributed by atoms with Crippen molar-refractivity contribution in [3.8, 4) is 11.4 Å². The second-order valence-corrected chi connectivity index (χ2v) is 5.84. The van der Waals surface area contributed by atoms with Crippen LogP contribution in [0.3, 0.4) is 0 Å². The smallest absolute Gasteiger partial charge is 0.237 e. The van der Waals surface area contributed by atoms with E-state index in [0.29, 0.717) is 16.7 Å². The zero-order chi connectivity index (χ0) is 15.5. The lowest BCUT2D eigenvalue weighted by atomic mass is 10.2. The first-order chi connectivity index (χ1) is 10.6. The Bertz CT molecular complexity index is 810. The van der Waals surface area contributed by atoms with E-state index in [0.717, 1.165) is 35.5 Å². The normalized spacial score (nSPS) is 10.9. The molecule has 112 valence electrons. The third-order valence-corrected chi connectivity index (χ3v) is 4.05. The maximum atomic E-state index is 13.5. The molecule has 3 nitrogen and oxygen atoms in total. The molecule has 0 bridgehead atoms. The minimum absolute atomic E-state index is 0.197. The van der Waals surface area contributed by atoms with Gasteiger partial charge in [0, 0.05) is 15.5 Å². The lowest BCUT2D eigenvalue weighted by Gasteiger charge is -2.00. The van der Waals surface area contributed by atoms with Crippen molar-refractivity contribution in [2.75, 3.05) is 0 Å². The number of hydrogen-bond donors (Lipinski definition) is 0. The summed E-state index contributed by atoms with van der Waals surface area (Å²) >= 11 is 7.00. The van der Waals surface area contributed by atoms with Crippen molar-refractivity contribution >= 4 is 23.4 Å². The highest BCUT2D eigenvalue weighted by molar-refractivity contribution is 7.98. The van der Waals surface area contributed by atoms with E-state index in [9.17, 15) is 8.78 Å². The molecule has 3 rings (SSSR count). The molecule has 7 heteroatoms. The van der Waals surface area contributed by atoms with Crippen LogP contribution in [0.15, 0.2) is 51.9 Å². The average molecular weight is 339 g/mol. The van der Waals surface area contributed by atoms with E-state index in [-0.39, 0.29) is 10.6 Å². The molecule has 0 radical (unpaired) electrons. The Labute approximate surface area is 134 Å². The van der Waals surface area contributed by atoms with Crippen LogP contribution in [-0.2, 0) is 5.75 Å². The average Bonchev–Trinajstić information content (AvgIpc) is 2.97. The molecule has 0 saturated carbocycles. The third kappa shape index (κ3) is 3.45. The molecule has 0 aliphatic carbocycles. The van der Waals surface area contributed by atoms with Crippen LogP contribution in [0.1, 0.15) is 5.89 Å². The van der Waals surface area contributed by atoms with Gasteiger partial charge in [-0.25, -0.2) is 8.78 Å². The van der Waals surface area contributed by atoms with E-state index in [1.807, 2.05) is 0 Å². The first kappa shape index (κ1) is 15.0. The van der Waals surface area contributed by atoms with E-state index < -0.39 is 11.6 Å². The van der Waals surface area contributed by atoms with E-state index in [2.05, 4.69) is 10.1 Å². The zero-order valence-corrected chi connectivity index (χ0v) is 12.7. The van der Waals surface area contributed by atoms with E-state index in [4.69, 9.17) is 16.1 Å². The first-order valence-electron chi connectivity index (χ1n) is 6.28. The fourth-order valence-electron chi connectivity index (χ4n) is 1.79. The second kappa shape index (κ2) is 6.46. The quantitative estimate of drug-likeness (QED) is 0.630. The van der Waals surface area contributed by atoms with Crippen molar-refractivity contribution in [1.82, 2.24) is 10.1 Å². The van der Waals surface area contributed by atoms with Gasteiger partial charge in [-0.3, -0.25) is 0 Å². The molecular weight excluding hydrogens is 330 g/mol. The molecule has 0 aliphatic heterocycles. The minimum atomic E-state index is -0.492. The van der Waals surface area contributed by atoms with Gasteiger partial charge in [0.15, 0.2) is 0 Å². The van der Waals surface area contributed by atoms with Gasteiger partial charge in [-0.15, -0.1) is 11.8 Å². The number of hydrogen-bond acceptors (Lipinski definition) is 4. The highest BCUT2D eigenvalue weighted by Gasteiger charge is 2.11. The third-order valence-electron chi connectivity index (χ3n) is 2.80. The van der Waals surface area contributed by atoms with Crippen molar-refractivity contribution in [3.63, 3.8) is 0 Å². The summed E-state index contributed by atoms with van der Waals surface area (Å²) in [6.07, 6.45) is 0.